The monoisotopic (exact) mass is 413 g/mol. The number of hydrogen-bond acceptors (Lipinski definition) is 3. The second-order valence-electron chi connectivity index (χ2n) is 7.15. The van der Waals surface area contributed by atoms with Gasteiger partial charge in [-0.1, -0.05) is 41.9 Å². The Hall–Kier alpha value is -3.06. The summed E-state index contributed by atoms with van der Waals surface area (Å²) in [6, 6.07) is 11.6. The number of ether oxygens (including phenoxy) is 1. The third kappa shape index (κ3) is 2.84. The summed E-state index contributed by atoms with van der Waals surface area (Å²) in [7, 11) is 0. The molecule has 1 aromatic heterocycles. The lowest BCUT2D eigenvalue weighted by molar-refractivity contribution is -0.123. The SMILES string of the molecule is O=C1Nc2cc(-c3c(Cl)n4n(c3=O)CCCC4)c(F)cc2OC1c1ccccc1. The van der Waals surface area contributed by atoms with Crippen molar-refractivity contribution in [2.45, 2.75) is 32.0 Å². The molecule has 1 unspecified atom stereocenters. The van der Waals surface area contributed by atoms with Gasteiger partial charge in [-0.05, 0) is 18.9 Å². The van der Waals surface area contributed by atoms with E-state index in [1.807, 2.05) is 6.07 Å². The first-order chi connectivity index (χ1) is 14.0. The molecule has 0 bridgehead atoms. The van der Waals surface area contributed by atoms with Crippen LogP contribution in [-0.2, 0) is 17.9 Å². The lowest BCUT2D eigenvalue weighted by Gasteiger charge is -2.26. The van der Waals surface area contributed by atoms with E-state index in [1.54, 1.807) is 33.6 Å². The molecule has 0 aliphatic carbocycles. The zero-order valence-electron chi connectivity index (χ0n) is 15.3. The summed E-state index contributed by atoms with van der Waals surface area (Å²) in [5, 5.41) is 2.96. The smallest absolute Gasteiger partial charge is 0.276 e. The number of carbonyl (C=O) groups excluding carboxylic acids is 1. The Kier molecular flexibility index (Phi) is 4.20. The summed E-state index contributed by atoms with van der Waals surface area (Å²) in [4.78, 5) is 25.4. The van der Waals surface area contributed by atoms with Gasteiger partial charge in [0.1, 0.15) is 16.7 Å². The quantitative estimate of drug-likeness (QED) is 0.691. The highest BCUT2D eigenvalue weighted by atomic mass is 35.5. The molecule has 3 aromatic rings. The molecule has 1 N–H and O–H groups in total. The van der Waals surface area contributed by atoms with E-state index in [0.717, 1.165) is 12.8 Å². The third-order valence-corrected chi connectivity index (χ3v) is 5.73. The molecule has 0 fully saturated rings. The highest BCUT2D eigenvalue weighted by molar-refractivity contribution is 6.32. The van der Waals surface area contributed by atoms with E-state index in [9.17, 15) is 9.59 Å². The zero-order valence-corrected chi connectivity index (χ0v) is 16.1. The molecule has 0 saturated carbocycles. The molecular weight excluding hydrogens is 397 g/mol. The standard InChI is InChI=1S/C21H17ClFN3O3/c22-19-17(21(28)26-9-5-4-8-25(19)26)13-10-15-16(11-14(13)23)29-18(20(27)24-15)12-6-2-1-3-7-12/h1-3,6-7,10-11,18H,4-5,8-9H2,(H,24,27). The van der Waals surface area contributed by atoms with Gasteiger partial charge in [0.05, 0.1) is 11.3 Å². The van der Waals surface area contributed by atoms with E-state index in [4.69, 9.17) is 16.3 Å². The Bertz CT molecular complexity index is 1190. The molecule has 0 saturated heterocycles. The molecule has 2 aromatic carbocycles. The van der Waals surface area contributed by atoms with Crippen LogP contribution < -0.4 is 15.6 Å². The van der Waals surface area contributed by atoms with Gasteiger partial charge in [0, 0.05) is 30.3 Å². The van der Waals surface area contributed by atoms with Gasteiger partial charge in [0.15, 0.2) is 0 Å². The molecule has 5 rings (SSSR count). The second kappa shape index (κ2) is 6.77. The zero-order chi connectivity index (χ0) is 20.1. The Labute approximate surface area is 170 Å². The number of anilines is 1. The van der Waals surface area contributed by atoms with Crippen LogP contribution in [0.25, 0.3) is 11.1 Å². The summed E-state index contributed by atoms with van der Waals surface area (Å²) in [5.74, 6) is -0.783. The van der Waals surface area contributed by atoms with E-state index >= 15 is 4.39 Å². The summed E-state index contributed by atoms with van der Waals surface area (Å²) in [5.41, 5.74) is 0.798. The maximum absolute atomic E-state index is 15.0. The van der Waals surface area contributed by atoms with Crippen molar-refractivity contribution in [1.82, 2.24) is 9.36 Å². The highest BCUT2D eigenvalue weighted by Crippen LogP contribution is 2.40. The molecule has 0 radical (unpaired) electrons. The number of nitrogens with zero attached hydrogens (tertiary/aromatic N) is 2. The van der Waals surface area contributed by atoms with Crippen LogP contribution >= 0.6 is 11.6 Å². The van der Waals surface area contributed by atoms with E-state index in [2.05, 4.69) is 5.32 Å². The molecular formula is C21H17ClFN3O3. The average molecular weight is 414 g/mol. The molecule has 29 heavy (non-hydrogen) atoms. The molecule has 8 heteroatoms. The number of benzene rings is 2. The second-order valence-corrected chi connectivity index (χ2v) is 7.51. The van der Waals surface area contributed by atoms with Crippen LogP contribution in [0, 0.1) is 5.82 Å². The Morgan fingerprint density at radius 3 is 2.52 bits per heavy atom. The van der Waals surface area contributed by atoms with Crippen LogP contribution in [0.1, 0.15) is 24.5 Å². The first-order valence-corrected chi connectivity index (χ1v) is 9.78. The van der Waals surface area contributed by atoms with Crippen LogP contribution in [0.5, 0.6) is 5.75 Å². The topological polar surface area (TPSA) is 65.3 Å². The number of hydrogen-bond donors (Lipinski definition) is 1. The minimum absolute atomic E-state index is 0.0511. The van der Waals surface area contributed by atoms with Gasteiger partial charge in [-0.2, -0.15) is 0 Å². The fourth-order valence-electron chi connectivity index (χ4n) is 3.92. The molecule has 1 amide bonds. The Morgan fingerprint density at radius 1 is 1.07 bits per heavy atom. The van der Waals surface area contributed by atoms with Crippen molar-refractivity contribution in [3.63, 3.8) is 0 Å². The average Bonchev–Trinajstić information content (AvgIpc) is 2.99. The van der Waals surface area contributed by atoms with E-state index in [-0.39, 0.29) is 33.5 Å². The van der Waals surface area contributed by atoms with Crippen LogP contribution in [0.15, 0.2) is 47.3 Å². The maximum Gasteiger partial charge on any atom is 0.276 e. The van der Waals surface area contributed by atoms with Crippen molar-refractivity contribution >= 4 is 23.2 Å². The van der Waals surface area contributed by atoms with Gasteiger partial charge in [0.25, 0.3) is 11.5 Å². The molecule has 148 valence electrons. The summed E-state index contributed by atoms with van der Waals surface area (Å²) < 4.78 is 24.0. The number of rotatable bonds is 2. The lowest BCUT2D eigenvalue weighted by Crippen LogP contribution is -2.30. The van der Waals surface area contributed by atoms with Gasteiger partial charge in [-0.3, -0.25) is 14.3 Å². The van der Waals surface area contributed by atoms with E-state index in [1.165, 1.54) is 12.1 Å². The van der Waals surface area contributed by atoms with Crippen molar-refractivity contribution in [3.05, 3.63) is 69.4 Å². The molecule has 6 nitrogen and oxygen atoms in total. The number of amides is 1. The number of nitrogens with one attached hydrogen (secondary N) is 1. The van der Waals surface area contributed by atoms with Crippen molar-refractivity contribution in [3.8, 4) is 16.9 Å². The minimum atomic E-state index is -0.870. The normalized spacial score (nSPS) is 17.9. The number of fused-ring (bicyclic) bond motifs is 2. The molecule has 3 heterocycles. The minimum Gasteiger partial charge on any atom is -0.474 e. The Morgan fingerprint density at radius 2 is 1.79 bits per heavy atom. The third-order valence-electron chi connectivity index (χ3n) is 5.34. The Balaban J connectivity index is 1.59. The van der Waals surface area contributed by atoms with Gasteiger partial charge in [-0.15, -0.1) is 0 Å². The molecule has 1 atom stereocenters. The number of halogens is 2. The van der Waals surface area contributed by atoms with Crippen molar-refractivity contribution in [1.29, 1.82) is 0 Å². The summed E-state index contributed by atoms with van der Waals surface area (Å²) >= 11 is 6.43. The van der Waals surface area contributed by atoms with E-state index in [0.29, 0.717) is 24.3 Å². The number of carbonyl (C=O) groups is 1. The van der Waals surface area contributed by atoms with Crippen LogP contribution in [-0.4, -0.2) is 15.3 Å². The van der Waals surface area contributed by atoms with Crippen LogP contribution in [0.2, 0.25) is 5.15 Å². The van der Waals surface area contributed by atoms with Crippen molar-refractivity contribution in [2.24, 2.45) is 0 Å². The summed E-state index contributed by atoms with van der Waals surface area (Å²) in [6.45, 7) is 1.16. The van der Waals surface area contributed by atoms with E-state index < -0.39 is 11.9 Å². The highest BCUT2D eigenvalue weighted by Gasteiger charge is 2.32. The van der Waals surface area contributed by atoms with Gasteiger partial charge >= 0.3 is 0 Å². The van der Waals surface area contributed by atoms with Gasteiger partial charge in [-0.25, -0.2) is 9.07 Å². The van der Waals surface area contributed by atoms with Gasteiger partial charge in [0.2, 0.25) is 6.10 Å². The van der Waals surface area contributed by atoms with Crippen molar-refractivity contribution in [2.75, 3.05) is 5.32 Å². The van der Waals surface area contributed by atoms with Crippen LogP contribution in [0.4, 0.5) is 10.1 Å². The predicted octanol–water partition coefficient (Wildman–Crippen LogP) is 3.98. The fraction of sp³-hybridized carbons (Fsp3) is 0.238. The fourth-order valence-corrected chi connectivity index (χ4v) is 4.28. The van der Waals surface area contributed by atoms with Crippen molar-refractivity contribution < 1.29 is 13.9 Å². The first kappa shape index (κ1) is 18.0. The maximum atomic E-state index is 15.0. The van der Waals surface area contributed by atoms with Gasteiger partial charge < -0.3 is 10.1 Å². The number of aromatic nitrogens is 2. The summed E-state index contributed by atoms with van der Waals surface area (Å²) in [6.07, 6.45) is 0.909. The predicted molar refractivity (Wildman–Crippen MR) is 107 cm³/mol. The lowest BCUT2D eigenvalue weighted by atomic mass is 10.0. The largest absolute Gasteiger partial charge is 0.474 e. The molecule has 0 spiro atoms. The van der Waals surface area contributed by atoms with Crippen LogP contribution in [0.3, 0.4) is 0 Å². The first-order valence-electron chi connectivity index (χ1n) is 9.40. The molecule has 2 aliphatic rings. The molecule has 2 aliphatic heterocycles.